The average molecular weight is 729 g/mol. The Morgan fingerprint density at radius 1 is 0.981 bits per heavy atom. The van der Waals surface area contributed by atoms with Crippen LogP contribution >= 0.6 is 0 Å². The SMILES string of the molecule is CC=C(C)C(O)C(=O)OC1CC2(C)C(=CCC2C2COC(C=C(C)C)C2)C2(C)C(OC(=O)C(O)C(C)=CC)CC(C(C)(C)O)C(C)(CCC(=O)O)C12. The second kappa shape index (κ2) is 15.5. The predicted molar refractivity (Wildman–Crippen MR) is 198 cm³/mol. The van der Waals surface area contributed by atoms with Gasteiger partial charge in [-0.1, -0.05) is 56.2 Å². The standard InChI is InChI=1S/C42H64O10/c1-12-24(5)34(45)37(47)51-29-21-41(10)28(26-19-27(50-22-26)18-23(3)4)14-15-30(41)42(11)32(52-38(48)35(46)25(6)13-2)20-31(39(7,8)49)40(9,36(29)42)17-16-33(43)44/h12-13,15,18,26-29,31-32,34-36,45-46,49H,14,16-17,19-22H2,1-11H3,(H,43,44). The largest absolute Gasteiger partial charge is 0.481 e. The number of rotatable bonds is 12. The molecule has 10 heteroatoms. The van der Waals surface area contributed by atoms with E-state index >= 15 is 0 Å². The summed E-state index contributed by atoms with van der Waals surface area (Å²) in [5, 5.41) is 43.9. The van der Waals surface area contributed by atoms with Crippen molar-refractivity contribution in [3.8, 4) is 0 Å². The van der Waals surface area contributed by atoms with Crippen LogP contribution in [-0.4, -0.2) is 81.1 Å². The molecule has 12 unspecified atom stereocenters. The number of hydrogen-bond acceptors (Lipinski definition) is 9. The third kappa shape index (κ3) is 7.73. The van der Waals surface area contributed by atoms with Crippen molar-refractivity contribution in [2.24, 2.45) is 39.9 Å². The van der Waals surface area contributed by atoms with Crippen molar-refractivity contribution in [3.63, 3.8) is 0 Å². The van der Waals surface area contributed by atoms with E-state index in [-0.39, 0.29) is 37.2 Å². The number of aliphatic carboxylic acids is 1. The Morgan fingerprint density at radius 3 is 2.08 bits per heavy atom. The van der Waals surface area contributed by atoms with E-state index in [0.717, 1.165) is 18.4 Å². The Kier molecular flexibility index (Phi) is 12.5. The van der Waals surface area contributed by atoms with Crippen molar-refractivity contribution in [3.05, 3.63) is 46.6 Å². The minimum Gasteiger partial charge on any atom is -0.481 e. The van der Waals surface area contributed by atoms with Gasteiger partial charge in [-0.25, -0.2) is 9.59 Å². The molecule has 3 fully saturated rings. The first kappa shape index (κ1) is 42.0. The number of fused-ring (bicyclic) bond motifs is 3. The number of aliphatic hydroxyl groups is 3. The average Bonchev–Trinajstić information content (AvgIpc) is 3.65. The van der Waals surface area contributed by atoms with Crippen LogP contribution in [0.2, 0.25) is 0 Å². The van der Waals surface area contributed by atoms with E-state index in [1.165, 1.54) is 5.57 Å². The van der Waals surface area contributed by atoms with Crippen molar-refractivity contribution in [1.82, 2.24) is 0 Å². The van der Waals surface area contributed by atoms with Crippen LogP contribution in [0.25, 0.3) is 0 Å². The third-order valence-electron chi connectivity index (χ3n) is 13.5. The molecular weight excluding hydrogens is 664 g/mol. The smallest absolute Gasteiger partial charge is 0.339 e. The summed E-state index contributed by atoms with van der Waals surface area (Å²) in [7, 11) is 0. The number of hydrogen-bond donors (Lipinski definition) is 4. The minimum absolute atomic E-state index is 0.00580. The fraction of sp³-hybridized carbons (Fsp3) is 0.738. The molecule has 3 aliphatic carbocycles. The molecule has 12 atom stereocenters. The molecule has 1 heterocycles. The highest BCUT2D eigenvalue weighted by Gasteiger charge is 2.71. The second-order valence-electron chi connectivity index (χ2n) is 17.6. The number of carbonyl (C=O) groups excluding carboxylic acids is 2. The third-order valence-corrected chi connectivity index (χ3v) is 13.5. The van der Waals surface area contributed by atoms with Crippen LogP contribution in [0.1, 0.15) is 115 Å². The lowest BCUT2D eigenvalue weighted by atomic mass is 9.39. The number of esters is 2. The number of ether oxygens (including phenoxy) is 3. The molecule has 10 nitrogen and oxygen atoms in total. The maximum atomic E-state index is 13.9. The van der Waals surface area contributed by atoms with Gasteiger partial charge in [0.15, 0.2) is 12.2 Å². The van der Waals surface area contributed by atoms with Crippen molar-refractivity contribution in [2.75, 3.05) is 6.61 Å². The van der Waals surface area contributed by atoms with Gasteiger partial charge in [0.1, 0.15) is 12.2 Å². The second-order valence-corrected chi connectivity index (χ2v) is 17.6. The van der Waals surface area contributed by atoms with E-state index in [2.05, 4.69) is 32.9 Å². The minimum atomic E-state index is -1.50. The molecule has 0 aromatic rings. The number of allylic oxidation sites excluding steroid dienone is 4. The van der Waals surface area contributed by atoms with E-state index in [0.29, 0.717) is 24.2 Å². The molecular formula is C42H64O10. The molecule has 0 spiro atoms. The lowest BCUT2D eigenvalue weighted by Gasteiger charge is -2.67. The Bertz CT molecular complexity index is 1500. The van der Waals surface area contributed by atoms with E-state index in [4.69, 9.17) is 14.2 Å². The summed E-state index contributed by atoms with van der Waals surface area (Å²) in [6.07, 6.45) is 5.11. The predicted octanol–water partition coefficient (Wildman–Crippen LogP) is 6.48. The Morgan fingerprint density at radius 2 is 1.56 bits per heavy atom. The van der Waals surface area contributed by atoms with Crippen molar-refractivity contribution in [1.29, 1.82) is 0 Å². The first-order chi connectivity index (χ1) is 24.1. The quantitative estimate of drug-likeness (QED) is 0.130. The van der Waals surface area contributed by atoms with Gasteiger partial charge in [0, 0.05) is 17.8 Å². The van der Waals surface area contributed by atoms with Gasteiger partial charge >= 0.3 is 17.9 Å². The molecule has 1 aliphatic heterocycles. The maximum Gasteiger partial charge on any atom is 0.339 e. The maximum absolute atomic E-state index is 13.9. The Balaban J connectivity index is 1.96. The summed E-state index contributed by atoms with van der Waals surface area (Å²) in [6, 6.07) is 0. The van der Waals surface area contributed by atoms with E-state index in [1.807, 2.05) is 13.8 Å². The number of aliphatic hydroxyl groups excluding tert-OH is 2. The Labute approximate surface area is 310 Å². The lowest BCUT2D eigenvalue weighted by Crippen LogP contribution is -2.68. The summed E-state index contributed by atoms with van der Waals surface area (Å²) in [5.41, 5.74) is -0.749. The monoisotopic (exact) mass is 728 g/mol. The normalized spacial score (nSPS) is 37.7. The topological polar surface area (TPSA) is 160 Å². The molecule has 4 N–H and O–H groups in total. The highest BCUT2D eigenvalue weighted by Crippen LogP contribution is 2.72. The van der Waals surface area contributed by atoms with E-state index in [9.17, 15) is 34.8 Å². The molecule has 0 aromatic carbocycles. The van der Waals surface area contributed by atoms with E-state index in [1.54, 1.807) is 53.7 Å². The van der Waals surface area contributed by atoms with Crippen molar-refractivity contribution < 1.29 is 49.0 Å². The summed E-state index contributed by atoms with van der Waals surface area (Å²) in [4.78, 5) is 39.8. The van der Waals surface area contributed by atoms with Gasteiger partial charge in [0.05, 0.1) is 18.3 Å². The first-order valence-electron chi connectivity index (χ1n) is 19.0. The van der Waals surface area contributed by atoms with Crippen LogP contribution in [0.4, 0.5) is 0 Å². The molecule has 4 rings (SSSR count). The van der Waals surface area contributed by atoms with Crippen LogP contribution in [0.3, 0.4) is 0 Å². The summed E-state index contributed by atoms with van der Waals surface area (Å²) < 4.78 is 19.1. The summed E-state index contributed by atoms with van der Waals surface area (Å²) in [6.45, 7) is 21.0. The fourth-order valence-corrected chi connectivity index (χ4v) is 10.9. The zero-order valence-corrected chi connectivity index (χ0v) is 33.2. The number of carbonyl (C=O) groups is 3. The molecule has 4 aliphatic rings. The zero-order valence-electron chi connectivity index (χ0n) is 33.2. The molecule has 292 valence electrons. The zero-order chi connectivity index (χ0) is 39.1. The molecule has 2 saturated carbocycles. The van der Waals surface area contributed by atoms with Crippen LogP contribution in [0, 0.1) is 39.9 Å². The summed E-state index contributed by atoms with van der Waals surface area (Å²) in [5.74, 6) is -3.55. The van der Waals surface area contributed by atoms with Gasteiger partial charge < -0.3 is 34.6 Å². The number of carboxylic acids is 1. The van der Waals surface area contributed by atoms with E-state index < -0.39 is 76.0 Å². The van der Waals surface area contributed by atoms with Gasteiger partial charge in [-0.05, 0) is 127 Å². The highest BCUT2D eigenvalue weighted by atomic mass is 16.6. The van der Waals surface area contributed by atoms with Crippen LogP contribution in [-0.2, 0) is 28.6 Å². The first-order valence-corrected chi connectivity index (χ1v) is 19.0. The molecule has 52 heavy (non-hydrogen) atoms. The Hall–Kier alpha value is -2.79. The molecule has 1 saturated heterocycles. The van der Waals surface area contributed by atoms with Crippen LogP contribution in [0.5, 0.6) is 0 Å². The lowest BCUT2D eigenvalue weighted by molar-refractivity contribution is -0.241. The molecule has 0 bridgehead atoms. The summed E-state index contributed by atoms with van der Waals surface area (Å²) >= 11 is 0. The van der Waals surface area contributed by atoms with Gasteiger partial charge in [-0.2, -0.15) is 0 Å². The molecule has 0 amide bonds. The molecule has 0 radical (unpaired) electrons. The van der Waals surface area contributed by atoms with Gasteiger partial charge in [0.25, 0.3) is 0 Å². The van der Waals surface area contributed by atoms with Gasteiger partial charge in [-0.3, -0.25) is 4.79 Å². The van der Waals surface area contributed by atoms with Crippen LogP contribution < -0.4 is 0 Å². The van der Waals surface area contributed by atoms with Gasteiger partial charge in [0.2, 0.25) is 0 Å². The van der Waals surface area contributed by atoms with Gasteiger partial charge in [-0.15, -0.1) is 0 Å². The fourth-order valence-electron chi connectivity index (χ4n) is 10.9. The highest BCUT2D eigenvalue weighted by molar-refractivity contribution is 5.79. The van der Waals surface area contributed by atoms with Crippen molar-refractivity contribution >= 4 is 17.9 Å². The van der Waals surface area contributed by atoms with Crippen molar-refractivity contribution in [2.45, 2.75) is 151 Å². The molecule has 0 aromatic heterocycles. The van der Waals surface area contributed by atoms with Crippen LogP contribution in [0.15, 0.2) is 46.6 Å². The number of carboxylic acid groups (broad SMARTS) is 1.